The van der Waals surface area contributed by atoms with Crippen LogP contribution in [-0.4, -0.2) is 32.3 Å². The van der Waals surface area contributed by atoms with E-state index >= 15 is 0 Å². The number of fused-ring (bicyclic) bond motifs is 1. The summed E-state index contributed by atoms with van der Waals surface area (Å²) in [5.41, 5.74) is 1.83. The van der Waals surface area contributed by atoms with Crippen molar-refractivity contribution in [2.75, 3.05) is 6.54 Å². The predicted octanol–water partition coefficient (Wildman–Crippen LogP) is 2.34. The lowest BCUT2D eigenvalue weighted by Crippen LogP contribution is -2.25. The second-order valence-corrected chi connectivity index (χ2v) is 6.94. The van der Waals surface area contributed by atoms with Crippen LogP contribution in [0, 0.1) is 6.92 Å². The van der Waals surface area contributed by atoms with Crippen LogP contribution < -0.4 is 5.32 Å². The van der Waals surface area contributed by atoms with Crippen LogP contribution in [0.15, 0.2) is 24.3 Å². The summed E-state index contributed by atoms with van der Waals surface area (Å²) < 4.78 is 1.86. The molecule has 2 heterocycles. The van der Waals surface area contributed by atoms with E-state index in [1.54, 1.807) is 0 Å². The van der Waals surface area contributed by atoms with Gasteiger partial charge in [0, 0.05) is 24.4 Å². The molecule has 2 aromatic heterocycles. The highest BCUT2D eigenvalue weighted by Gasteiger charge is 2.29. The average Bonchev–Trinajstić information content (AvgIpc) is 3.18. The Morgan fingerprint density at radius 1 is 1.30 bits per heavy atom. The molecule has 1 amide bonds. The van der Waals surface area contributed by atoms with Gasteiger partial charge in [-0.15, -0.1) is 10.2 Å². The minimum Gasteiger partial charge on any atom is -0.352 e. The van der Waals surface area contributed by atoms with E-state index in [0.717, 1.165) is 21.4 Å². The van der Waals surface area contributed by atoms with Crippen molar-refractivity contribution in [3.63, 3.8) is 0 Å². The summed E-state index contributed by atoms with van der Waals surface area (Å²) in [6.07, 6.45) is 3.07. The number of rotatable bonds is 5. The molecule has 0 spiro atoms. The molecule has 1 aliphatic rings. The number of nitrogens with zero attached hydrogens (tertiary/aromatic N) is 4. The Morgan fingerprint density at radius 2 is 2.09 bits per heavy atom. The third-order valence-electron chi connectivity index (χ3n) is 3.94. The van der Waals surface area contributed by atoms with Crippen LogP contribution in [0.3, 0.4) is 0 Å². The first kappa shape index (κ1) is 14.3. The van der Waals surface area contributed by atoms with Gasteiger partial charge in [0.05, 0.1) is 0 Å². The molecule has 1 saturated carbocycles. The maximum absolute atomic E-state index is 12.1. The zero-order chi connectivity index (χ0) is 15.8. The summed E-state index contributed by atoms with van der Waals surface area (Å²) in [6, 6.07) is 7.57. The summed E-state index contributed by atoms with van der Waals surface area (Å²) in [5, 5.41) is 16.9. The van der Waals surface area contributed by atoms with Crippen LogP contribution in [0.2, 0.25) is 0 Å². The van der Waals surface area contributed by atoms with E-state index in [9.17, 15) is 4.79 Å². The highest BCUT2D eigenvalue weighted by Crippen LogP contribution is 2.39. The third-order valence-corrected chi connectivity index (χ3v) is 4.90. The van der Waals surface area contributed by atoms with E-state index < -0.39 is 0 Å². The average molecular weight is 327 g/mol. The van der Waals surface area contributed by atoms with Gasteiger partial charge >= 0.3 is 0 Å². The van der Waals surface area contributed by atoms with E-state index in [4.69, 9.17) is 0 Å². The van der Waals surface area contributed by atoms with E-state index in [2.05, 4.69) is 20.6 Å². The molecule has 0 unspecified atom stereocenters. The van der Waals surface area contributed by atoms with Gasteiger partial charge in [-0.1, -0.05) is 29.0 Å². The van der Waals surface area contributed by atoms with E-state index in [1.165, 1.54) is 24.2 Å². The number of carbonyl (C=O) groups is 1. The van der Waals surface area contributed by atoms with Gasteiger partial charge in [0.25, 0.3) is 5.91 Å². The van der Waals surface area contributed by atoms with Crippen molar-refractivity contribution in [3.8, 4) is 0 Å². The summed E-state index contributed by atoms with van der Waals surface area (Å²) in [7, 11) is 0. The first-order valence-electron chi connectivity index (χ1n) is 7.76. The molecule has 1 fully saturated rings. The molecule has 0 saturated heterocycles. The minimum atomic E-state index is -0.0494. The predicted molar refractivity (Wildman–Crippen MR) is 87.9 cm³/mol. The molecule has 3 aromatic rings. The molecule has 0 radical (unpaired) electrons. The topological polar surface area (TPSA) is 72.2 Å². The molecule has 1 aromatic carbocycles. The van der Waals surface area contributed by atoms with Crippen LogP contribution in [0.1, 0.15) is 45.5 Å². The van der Waals surface area contributed by atoms with Crippen LogP contribution in [-0.2, 0) is 6.42 Å². The quantitative estimate of drug-likeness (QED) is 0.781. The second kappa shape index (κ2) is 5.73. The Kier molecular flexibility index (Phi) is 3.57. The fourth-order valence-corrected chi connectivity index (χ4v) is 3.30. The second-order valence-electron chi connectivity index (χ2n) is 5.89. The molecule has 0 aliphatic heterocycles. The molecule has 6 nitrogen and oxygen atoms in total. The maximum Gasteiger partial charge on any atom is 0.251 e. The molecule has 4 rings (SSSR count). The molecule has 118 valence electrons. The zero-order valence-electron chi connectivity index (χ0n) is 12.8. The van der Waals surface area contributed by atoms with Gasteiger partial charge in [0.2, 0.25) is 4.96 Å². The number of amides is 1. The smallest absolute Gasteiger partial charge is 0.251 e. The molecule has 7 heteroatoms. The van der Waals surface area contributed by atoms with Crippen LogP contribution in [0.4, 0.5) is 0 Å². The lowest BCUT2D eigenvalue weighted by molar-refractivity contribution is 0.0954. The SMILES string of the molecule is Cc1ccc(C(=O)NCCc2nn3c(C4CC4)nnc3s2)cc1. The van der Waals surface area contributed by atoms with Crippen molar-refractivity contribution in [2.24, 2.45) is 0 Å². The normalized spacial score (nSPS) is 14.3. The number of nitrogens with one attached hydrogen (secondary N) is 1. The van der Waals surface area contributed by atoms with E-state index in [-0.39, 0.29) is 5.91 Å². The van der Waals surface area contributed by atoms with Crippen LogP contribution in [0.5, 0.6) is 0 Å². The number of aryl methyl sites for hydroxylation is 1. The van der Waals surface area contributed by atoms with Gasteiger partial charge in [-0.25, -0.2) is 0 Å². The summed E-state index contributed by atoms with van der Waals surface area (Å²) >= 11 is 1.54. The Balaban J connectivity index is 1.37. The van der Waals surface area contributed by atoms with E-state index in [1.807, 2.05) is 35.7 Å². The lowest BCUT2D eigenvalue weighted by atomic mass is 10.1. The monoisotopic (exact) mass is 327 g/mol. The van der Waals surface area contributed by atoms with Crippen molar-refractivity contribution in [1.82, 2.24) is 25.1 Å². The van der Waals surface area contributed by atoms with Crippen molar-refractivity contribution in [1.29, 1.82) is 0 Å². The fraction of sp³-hybridized carbons (Fsp3) is 0.375. The zero-order valence-corrected chi connectivity index (χ0v) is 13.6. The van der Waals surface area contributed by atoms with Crippen molar-refractivity contribution >= 4 is 22.2 Å². The van der Waals surface area contributed by atoms with Gasteiger partial charge < -0.3 is 5.32 Å². The van der Waals surface area contributed by atoms with Gasteiger partial charge in [0.1, 0.15) is 5.01 Å². The van der Waals surface area contributed by atoms with Gasteiger partial charge in [-0.3, -0.25) is 4.79 Å². The Morgan fingerprint density at radius 3 is 2.83 bits per heavy atom. The number of aromatic nitrogens is 4. The number of hydrogen-bond acceptors (Lipinski definition) is 5. The molecule has 0 atom stereocenters. The van der Waals surface area contributed by atoms with Gasteiger partial charge in [-0.2, -0.15) is 9.61 Å². The molecule has 23 heavy (non-hydrogen) atoms. The minimum absolute atomic E-state index is 0.0494. The summed E-state index contributed by atoms with van der Waals surface area (Å²) in [5.74, 6) is 1.46. The highest BCUT2D eigenvalue weighted by atomic mass is 32.1. The fourth-order valence-electron chi connectivity index (χ4n) is 2.46. The largest absolute Gasteiger partial charge is 0.352 e. The van der Waals surface area contributed by atoms with E-state index in [0.29, 0.717) is 24.4 Å². The third kappa shape index (κ3) is 2.96. The van der Waals surface area contributed by atoms with Gasteiger partial charge in [-0.05, 0) is 31.9 Å². The number of carbonyl (C=O) groups excluding carboxylic acids is 1. The lowest BCUT2D eigenvalue weighted by Gasteiger charge is -2.04. The van der Waals surface area contributed by atoms with Crippen LogP contribution >= 0.6 is 11.3 Å². The van der Waals surface area contributed by atoms with Gasteiger partial charge in [0.15, 0.2) is 5.82 Å². The number of benzene rings is 1. The summed E-state index contributed by atoms with van der Waals surface area (Å²) in [6.45, 7) is 2.57. The van der Waals surface area contributed by atoms with Crippen LogP contribution in [0.25, 0.3) is 4.96 Å². The molecular formula is C16H17N5OS. The molecule has 0 bridgehead atoms. The first-order valence-corrected chi connectivity index (χ1v) is 8.58. The van der Waals surface area contributed by atoms with Crippen molar-refractivity contribution in [2.45, 2.75) is 32.1 Å². The Bertz CT molecular complexity index is 847. The summed E-state index contributed by atoms with van der Waals surface area (Å²) in [4.78, 5) is 12.9. The Hall–Kier alpha value is -2.28. The van der Waals surface area contributed by atoms with Crippen molar-refractivity contribution in [3.05, 3.63) is 46.2 Å². The standard InChI is InChI=1S/C16H17N5OS/c1-10-2-4-12(5-3-10)15(22)17-9-8-13-20-21-14(11-6-7-11)18-19-16(21)23-13/h2-5,11H,6-9H2,1H3,(H,17,22). The molecular weight excluding hydrogens is 310 g/mol. The Labute approximate surface area is 137 Å². The number of hydrogen-bond donors (Lipinski definition) is 1. The first-order chi connectivity index (χ1) is 11.2. The van der Waals surface area contributed by atoms with Crippen molar-refractivity contribution < 1.29 is 4.79 Å². The maximum atomic E-state index is 12.1. The highest BCUT2D eigenvalue weighted by molar-refractivity contribution is 7.16. The molecule has 1 aliphatic carbocycles. The molecule has 1 N–H and O–H groups in total.